The molecule has 0 spiro atoms. The molecule has 0 radical (unpaired) electrons. The van der Waals surface area contributed by atoms with Crippen molar-refractivity contribution in [1.29, 1.82) is 0 Å². The molecule has 0 aliphatic carbocycles. The van der Waals surface area contributed by atoms with Gasteiger partial charge in [-0.15, -0.1) is 0 Å². The molecule has 2 heterocycles. The minimum atomic E-state index is -0.212. The monoisotopic (exact) mass is 420 g/mol. The van der Waals surface area contributed by atoms with E-state index in [9.17, 15) is 9.59 Å². The second-order valence-corrected chi connectivity index (χ2v) is 10.0. The number of anilines is 1. The van der Waals surface area contributed by atoms with E-state index in [1.54, 1.807) is 0 Å². The number of carbonyl (C=O) groups is 2. The van der Waals surface area contributed by atoms with E-state index in [0.29, 0.717) is 17.4 Å². The Morgan fingerprint density at radius 1 is 1.17 bits per heavy atom. The topological polar surface area (TPSA) is 40.6 Å². The summed E-state index contributed by atoms with van der Waals surface area (Å²) in [6.07, 6.45) is 2.93. The number of nitrogens with zero attached hydrogens (tertiary/aromatic N) is 2. The highest BCUT2D eigenvalue weighted by Gasteiger charge is 2.36. The normalized spacial score (nSPS) is 22.0. The molecule has 1 saturated heterocycles. The zero-order valence-corrected chi connectivity index (χ0v) is 19.0. The molecule has 0 aromatic heterocycles. The van der Waals surface area contributed by atoms with E-state index in [4.69, 9.17) is 0 Å². The van der Waals surface area contributed by atoms with Gasteiger partial charge in [0.15, 0.2) is 0 Å². The number of fused-ring (bicyclic) bond motifs is 1. The maximum atomic E-state index is 12.9. The Bertz CT molecular complexity index is 1060. The van der Waals surface area contributed by atoms with Gasteiger partial charge in [-0.25, -0.2) is 0 Å². The van der Waals surface area contributed by atoms with Crippen LogP contribution in [0.4, 0.5) is 10.5 Å². The molecule has 2 aliphatic heterocycles. The number of rotatable bonds is 3. The standard InChI is InChI=1S/C25H28N2O2S/c1-16-7-6-8-19(11-16)15-27-23(28)22(30-24(27)29)13-18-9-10-21-20(12-18)17(2)14-25(3,4)26(21)5/h6-13,17H,14-15H2,1-5H3/b22-13+. The van der Waals surface area contributed by atoms with E-state index >= 15 is 0 Å². The van der Waals surface area contributed by atoms with Gasteiger partial charge < -0.3 is 4.90 Å². The first-order chi connectivity index (χ1) is 14.2. The molecule has 4 rings (SSSR count). The average molecular weight is 421 g/mol. The first-order valence-corrected chi connectivity index (χ1v) is 11.2. The molecule has 4 nitrogen and oxygen atoms in total. The van der Waals surface area contributed by atoms with Crippen molar-refractivity contribution in [2.75, 3.05) is 11.9 Å². The van der Waals surface area contributed by atoms with Crippen molar-refractivity contribution in [1.82, 2.24) is 4.90 Å². The van der Waals surface area contributed by atoms with Gasteiger partial charge in [0.2, 0.25) is 0 Å². The molecule has 0 bridgehead atoms. The van der Waals surface area contributed by atoms with Gasteiger partial charge in [-0.1, -0.05) is 42.8 Å². The Balaban J connectivity index is 1.59. The van der Waals surface area contributed by atoms with Crippen molar-refractivity contribution < 1.29 is 9.59 Å². The van der Waals surface area contributed by atoms with Crippen molar-refractivity contribution in [2.24, 2.45) is 0 Å². The Labute approximate surface area is 182 Å². The summed E-state index contributed by atoms with van der Waals surface area (Å²) >= 11 is 1.03. The molecule has 30 heavy (non-hydrogen) atoms. The van der Waals surface area contributed by atoms with Gasteiger partial charge in [-0.05, 0) is 79.8 Å². The lowest BCUT2D eigenvalue weighted by Crippen LogP contribution is -2.45. The second-order valence-electron chi connectivity index (χ2n) is 9.05. The molecule has 1 atom stereocenters. The molecule has 1 unspecified atom stereocenters. The molecule has 5 heteroatoms. The lowest BCUT2D eigenvalue weighted by molar-refractivity contribution is -0.123. The van der Waals surface area contributed by atoms with Crippen LogP contribution < -0.4 is 4.90 Å². The first-order valence-electron chi connectivity index (χ1n) is 10.3. The smallest absolute Gasteiger partial charge is 0.293 e. The predicted octanol–water partition coefficient (Wildman–Crippen LogP) is 5.95. The molecule has 2 aliphatic rings. The number of carbonyl (C=O) groups excluding carboxylic acids is 2. The highest BCUT2D eigenvalue weighted by molar-refractivity contribution is 8.18. The van der Waals surface area contributed by atoms with Crippen molar-refractivity contribution in [3.63, 3.8) is 0 Å². The molecule has 2 aromatic rings. The third-order valence-corrected chi connectivity index (χ3v) is 7.16. The maximum Gasteiger partial charge on any atom is 0.293 e. The van der Waals surface area contributed by atoms with E-state index < -0.39 is 0 Å². The third kappa shape index (κ3) is 3.79. The fourth-order valence-electron chi connectivity index (χ4n) is 4.47. The number of imide groups is 1. The highest BCUT2D eigenvalue weighted by Crippen LogP contribution is 2.43. The number of thioether (sulfide) groups is 1. The van der Waals surface area contributed by atoms with Gasteiger partial charge in [0.05, 0.1) is 11.4 Å². The molecule has 2 amide bonds. The fourth-order valence-corrected chi connectivity index (χ4v) is 5.30. The SMILES string of the molecule is Cc1cccc(CN2C(=O)S/C(=C/c3ccc4c(c3)C(C)CC(C)(C)N4C)C2=O)c1. The van der Waals surface area contributed by atoms with Gasteiger partial charge in [0.25, 0.3) is 11.1 Å². The summed E-state index contributed by atoms with van der Waals surface area (Å²) in [5.41, 5.74) is 5.70. The van der Waals surface area contributed by atoms with E-state index in [0.717, 1.165) is 34.9 Å². The number of aryl methyl sites for hydroxylation is 1. The molecule has 156 valence electrons. The van der Waals surface area contributed by atoms with E-state index in [1.807, 2.05) is 43.3 Å². The summed E-state index contributed by atoms with van der Waals surface area (Å²) in [6.45, 7) is 9.11. The lowest BCUT2D eigenvalue weighted by atomic mass is 9.80. The van der Waals surface area contributed by atoms with E-state index in [2.05, 4.69) is 44.9 Å². The summed E-state index contributed by atoms with van der Waals surface area (Å²) in [7, 11) is 2.14. The zero-order valence-electron chi connectivity index (χ0n) is 18.2. The van der Waals surface area contributed by atoms with Crippen LogP contribution >= 0.6 is 11.8 Å². The van der Waals surface area contributed by atoms with Crippen LogP contribution in [0.2, 0.25) is 0 Å². The average Bonchev–Trinajstić information content (AvgIpc) is 2.93. The van der Waals surface area contributed by atoms with Crippen LogP contribution in [0.1, 0.15) is 55.4 Å². The van der Waals surface area contributed by atoms with Crippen LogP contribution in [0.3, 0.4) is 0 Å². The largest absolute Gasteiger partial charge is 0.369 e. The van der Waals surface area contributed by atoms with E-state index in [1.165, 1.54) is 16.2 Å². The lowest BCUT2D eigenvalue weighted by Gasteiger charge is -2.45. The minimum Gasteiger partial charge on any atom is -0.369 e. The quantitative estimate of drug-likeness (QED) is 0.575. The fraction of sp³-hybridized carbons (Fsp3) is 0.360. The molecular weight excluding hydrogens is 392 g/mol. The maximum absolute atomic E-state index is 12.9. The molecular formula is C25H28N2O2S. The Morgan fingerprint density at radius 2 is 1.93 bits per heavy atom. The summed E-state index contributed by atoms with van der Waals surface area (Å²) < 4.78 is 0. The number of hydrogen-bond donors (Lipinski definition) is 0. The van der Waals surface area contributed by atoms with Crippen LogP contribution in [0.25, 0.3) is 6.08 Å². The van der Waals surface area contributed by atoms with Crippen LogP contribution in [-0.2, 0) is 11.3 Å². The predicted molar refractivity (Wildman–Crippen MR) is 125 cm³/mol. The number of hydrogen-bond acceptors (Lipinski definition) is 4. The second kappa shape index (κ2) is 7.62. The van der Waals surface area contributed by atoms with Crippen LogP contribution in [-0.4, -0.2) is 28.6 Å². The van der Waals surface area contributed by atoms with Crippen LogP contribution in [0.5, 0.6) is 0 Å². The van der Waals surface area contributed by atoms with Crippen LogP contribution in [0, 0.1) is 6.92 Å². The van der Waals surface area contributed by atoms with Crippen LogP contribution in [0.15, 0.2) is 47.4 Å². The van der Waals surface area contributed by atoms with Gasteiger partial charge in [0, 0.05) is 18.3 Å². The minimum absolute atomic E-state index is 0.117. The van der Waals surface area contributed by atoms with Gasteiger partial charge in [0.1, 0.15) is 0 Å². The van der Waals surface area contributed by atoms with E-state index in [-0.39, 0.29) is 16.7 Å². The first kappa shape index (κ1) is 20.7. The molecule has 0 saturated carbocycles. The number of benzene rings is 2. The van der Waals surface area contributed by atoms with Crippen molar-refractivity contribution in [2.45, 2.75) is 52.1 Å². The molecule has 2 aromatic carbocycles. The summed E-state index contributed by atoms with van der Waals surface area (Å²) in [6, 6.07) is 14.3. The van der Waals surface area contributed by atoms with Crippen molar-refractivity contribution in [3.05, 3.63) is 69.6 Å². The van der Waals surface area contributed by atoms with Crippen molar-refractivity contribution in [3.8, 4) is 0 Å². The Kier molecular flexibility index (Phi) is 5.27. The van der Waals surface area contributed by atoms with Crippen molar-refractivity contribution >= 4 is 34.7 Å². The zero-order chi connectivity index (χ0) is 21.6. The van der Waals surface area contributed by atoms with Gasteiger partial charge >= 0.3 is 0 Å². The summed E-state index contributed by atoms with van der Waals surface area (Å²) in [5, 5.41) is -0.208. The third-order valence-electron chi connectivity index (χ3n) is 6.25. The Hall–Kier alpha value is -2.53. The van der Waals surface area contributed by atoms with Gasteiger partial charge in [-0.3, -0.25) is 14.5 Å². The summed E-state index contributed by atoms with van der Waals surface area (Å²) in [4.78, 5) is 29.6. The molecule has 1 fully saturated rings. The highest BCUT2D eigenvalue weighted by atomic mass is 32.2. The number of amides is 2. The molecule has 0 N–H and O–H groups in total. The Morgan fingerprint density at radius 3 is 2.67 bits per heavy atom. The van der Waals surface area contributed by atoms with Gasteiger partial charge in [-0.2, -0.15) is 0 Å². The summed E-state index contributed by atoms with van der Waals surface area (Å²) in [5.74, 6) is 0.228.